The van der Waals surface area contributed by atoms with Crippen molar-refractivity contribution in [2.45, 2.75) is 30.5 Å². The van der Waals surface area contributed by atoms with Crippen LogP contribution in [-0.2, 0) is 18.9 Å². The van der Waals surface area contributed by atoms with E-state index in [0.29, 0.717) is 18.2 Å². The van der Waals surface area contributed by atoms with E-state index in [2.05, 4.69) is 0 Å². The zero-order valence-electron chi connectivity index (χ0n) is 27.4. The van der Waals surface area contributed by atoms with E-state index < -0.39 is 180 Å². The van der Waals surface area contributed by atoms with Gasteiger partial charge in [-0.25, -0.2) is 19.2 Å². The number of phenolic OH excluding ortho intramolecular Hbond substituents is 12. The summed E-state index contributed by atoms with van der Waals surface area (Å²) in [7, 11) is 0. The third-order valence-electron chi connectivity index (χ3n) is 9.33. The van der Waals surface area contributed by atoms with Crippen LogP contribution in [0.5, 0.6) is 69.0 Å². The maximum atomic E-state index is 14.1. The zero-order valence-corrected chi connectivity index (χ0v) is 27.4. The van der Waals surface area contributed by atoms with Crippen LogP contribution in [0.15, 0.2) is 18.2 Å². The average Bonchev–Trinajstić information content (AvgIpc) is 3.16. The van der Waals surface area contributed by atoms with E-state index in [1.54, 1.807) is 0 Å². The van der Waals surface area contributed by atoms with Crippen molar-refractivity contribution >= 4 is 23.9 Å². The molecule has 0 spiro atoms. The monoisotopic (exact) mass is 784 g/mol. The molecule has 0 saturated carbocycles. The highest BCUT2D eigenvalue weighted by Crippen LogP contribution is 2.58. The molecule has 0 saturated heterocycles. The second-order valence-corrected chi connectivity index (χ2v) is 12.5. The molecule has 22 nitrogen and oxygen atoms in total. The number of aromatic hydroxyl groups is 12. The van der Waals surface area contributed by atoms with Gasteiger partial charge in [0.15, 0.2) is 64.3 Å². The molecule has 0 amide bonds. The molecule has 4 aromatic rings. The molecule has 5 atom stereocenters. The van der Waals surface area contributed by atoms with E-state index in [-0.39, 0.29) is 0 Å². The van der Waals surface area contributed by atoms with Gasteiger partial charge in [-0.05, 0) is 18.2 Å². The number of hydrogen-bond donors (Lipinski definition) is 14. The Morgan fingerprint density at radius 2 is 0.804 bits per heavy atom. The first kappa shape index (κ1) is 36.6. The fourth-order valence-corrected chi connectivity index (χ4v) is 6.70. The van der Waals surface area contributed by atoms with Crippen molar-refractivity contribution in [1.82, 2.24) is 0 Å². The van der Waals surface area contributed by atoms with Gasteiger partial charge in [0.2, 0.25) is 23.0 Å². The fourth-order valence-electron chi connectivity index (χ4n) is 6.70. The number of fused-ring (bicyclic) bond motifs is 6. The van der Waals surface area contributed by atoms with Crippen LogP contribution in [0.3, 0.4) is 0 Å². The molecule has 292 valence electrons. The van der Waals surface area contributed by atoms with Gasteiger partial charge in [0.1, 0.15) is 18.8 Å². The Balaban J connectivity index is 1.48. The molecule has 4 heterocycles. The molecule has 4 bridgehead atoms. The van der Waals surface area contributed by atoms with Gasteiger partial charge in [-0.15, -0.1) is 0 Å². The molecule has 0 unspecified atom stereocenters. The first-order valence-electron chi connectivity index (χ1n) is 15.6. The molecule has 4 aliphatic rings. The number of cyclic esters (lactones) is 2. The molecule has 0 fully saturated rings. The molecule has 0 aliphatic carbocycles. The normalized spacial score (nSPS) is 21.6. The predicted octanol–water partition coefficient (Wildman–Crippen LogP) is 0.356. The van der Waals surface area contributed by atoms with Crippen LogP contribution in [0.25, 0.3) is 22.3 Å². The molecule has 56 heavy (non-hydrogen) atoms. The number of ether oxygens (including phenoxy) is 4. The standard InChI is InChI=1S/C34H24O22/c35-8-1-5-12(21(42)18(8)39)13-6(2-9(36)19(40)22(13)43)32(50)54-28(11(38)4-53-31(5)49)30-29-26(47)17-16(34(52)55-29)15(24(45)27(48)25(17)46)14-7(33(51)56-30)3-10(37)20(41)23(14)44/h1-3,11,26,28-30,35-48H,4H2/t11-,26-,28+,29-,30+/m0/s1. The highest BCUT2D eigenvalue weighted by atomic mass is 16.6. The van der Waals surface area contributed by atoms with Crippen molar-refractivity contribution in [2.75, 3.05) is 6.61 Å². The Bertz CT molecular complexity index is 2470. The average molecular weight is 785 g/mol. The van der Waals surface area contributed by atoms with E-state index >= 15 is 0 Å². The van der Waals surface area contributed by atoms with E-state index in [0.717, 1.165) is 0 Å². The summed E-state index contributed by atoms with van der Waals surface area (Å²) < 4.78 is 21.3. The molecular weight excluding hydrogens is 760 g/mol. The highest BCUT2D eigenvalue weighted by molar-refractivity contribution is 6.11. The summed E-state index contributed by atoms with van der Waals surface area (Å²) in [6.07, 6.45) is -12.4. The summed E-state index contributed by atoms with van der Waals surface area (Å²) in [5.41, 5.74) is -9.23. The van der Waals surface area contributed by atoms with Gasteiger partial charge in [-0.2, -0.15) is 0 Å². The minimum Gasteiger partial charge on any atom is -0.504 e. The number of phenols is 12. The molecule has 4 aromatic carbocycles. The number of aliphatic hydroxyl groups excluding tert-OH is 2. The molecule has 22 heteroatoms. The number of aliphatic hydroxyl groups is 2. The van der Waals surface area contributed by atoms with Gasteiger partial charge in [-0.1, -0.05) is 0 Å². The first-order valence-corrected chi connectivity index (χ1v) is 15.6. The van der Waals surface area contributed by atoms with Crippen LogP contribution >= 0.6 is 0 Å². The number of esters is 4. The summed E-state index contributed by atoms with van der Waals surface area (Å²) in [4.78, 5) is 55.1. The maximum absolute atomic E-state index is 14.1. The third-order valence-corrected chi connectivity index (χ3v) is 9.33. The van der Waals surface area contributed by atoms with Gasteiger partial charge >= 0.3 is 23.9 Å². The van der Waals surface area contributed by atoms with Crippen LogP contribution in [0, 0.1) is 0 Å². The van der Waals surface area contributed by atoms with Crippen molar-refractivity contribution in [3.05, 3.63) is 46.0 Å². The van der Waals surface area contributed by atoms with E-state index in [1.165, 1.54) is 0 Å². The van der Waals surface area contributed by atoms with Gasteiger partial charge in [0.25, 0.3) is 0 Å². The Morgan fingerprint density at radius 1 is 0.411 bits per heavy atom. The second kappa shape index (κ2) is 12.4. The molecule has 14 N–H and O–H groups in total. The number of benzene rings is 4. The van der Waals surface area contributed by atoms with Gasteiger partial charge in [0, 0.05) is 27.8 Å². The number of rotatable bonds is 1. The summed E-state index contributed by atoms with van der Waals surface area (Å²) in [5, 5.41) is 150. The molecular formula is C34H24O22. The van der Waals surface area contributed by atoms with Crippen LogP contribution in [0.4, 0.5) is 0 Å². The summed E-state index contributed by atoms with van der Waals surface area (Å²) in [5.74, 6) is -22.9. The second-order valence-electron chi connectivity index (χ2n) is 12.5. The van der Waals surface area contributed by atoms with Crippen molar-refractivity contribution in [1.29, 1.82) is 0 Å². The summed E-state index contributed by atoms with van der Waals surface area (Å²) in [6, 6.07) is 1.33. The van der Waals surface area contributed by atoms with Gasteiger partial charge < -0.3 is 90.4 Å². The number of carbonyl (C=O) groups is 4. The Morgan fingerprint density at radius 3 is 1.29 bits per heavy atom. The van der Waals surface area contributed by atoms with Crippen molar-refractivity contribution < 1.29 is 110 Å². The molecule has 0 aromatic heterocycles. The summed E-state index contributed by atoms with van der Waals surface area (Å²) in [6.45, 7) is -1.31. The Labute approximate surface area is 307 Å². The molecule has 4 aliphatic heterocycles. The molecule has 8 rings (SSSR count). The SMILES string of the molecule is O=C1OC[C@H](O)[C@H]([C@H]2OC(=O)c3cc(O)c(O)c(O)c3-c3c(O)c(O)c(O)c4c3C(=O)O[C@H]2[C@H]4O)OC(=O)c2cc(O)c(O)c(O)c2-c2c1cc(O)c(O)c2O. The smallest absolute Gasteiger partial charge is 0.339 e. The van der Waals surface area contributed by atoms with E-state index in [1.807, 2.05) is 0 Å². The largest absolute Gasteiger partial charge is 0.504 e. The number of hydrogen-bond acceptors (Lipinski definition) is 22. The van der Waals surface area contributed by atoms with Gasteiger partial charge in [-0.3, -0.25) is 0 Å². The number of carbonyl (C=O) groups excluding carboxylic acids is 4. The fraction of sp³-hybridized carbons (Fsp3) is 0.176. The van der Waals surface area contributed by atoms with E-state index in [4.69, 9.17) is 18.9 Å². The summed E-state index contributed by atoms with van der Waals surface area (Å²) >= 11 is 0. The lowest BCUT2D eigenvalue weighted by Gasteiger charge is -2.40. The van der Waals surface area contributed by atoms with Crippen molar-refractivity contribution in [3.63, 3.8) is 0 Å². The van der Waals surface area contributed by atoms with E-state index in [9.17, 15) is 90.7 Å². The van der Waals surface area contributed by atoms with Crippen molar-refractivity contribution in [3.8, 4) is 91.2 Å². The lowest BCUT2D eigenvalue weighted by atomic mass is 9.82. The van der Waals surface area contributed by atoms with Crippen LogP contribution in [0.2, 0.25) is 0 Å². The minimum atomic E-state index is -2.55. The quantitative estimate of drug-likeness (QED) is 0.0703. The lowest BCUT2D eigenvalue weighted by Crippen LogP contribution is -2.55. The lowest BCUT2D eigenvalue weighted by molar-refractivity contribution is -0.153. The van der Waals surface area contributed by atoms with Crippen molar-refractivity contribution in [2.24, 2.45) is 0 Å². The predicted molar refractivity (Wildman–Crippen MR) is 173 cm³/mol. The Hall–Kier alpha value is -7.72. The van der Waals surface area contributed by atoms with Gasteiger partial charge in [0.05, 0.1) is 22.3 Å². The zero-order chi connectivity index (χ0) is 41.0. The van der Waals surface area contributed by atoms with Crippen LogP contribution in [0.1, 0.15) is 53.1 Å². The topological polar surface area (TPSA) is 388 Å². The van der Waals surface area contributed by atoms with Crippen LogP contribution < -0.4 is 0 Å². The minimum absolute atomic E-state index is 0.403. The maximum Gasteiger partial charge on any atom is 0.339 e. The highest BCUT2D eigenvalue weighted by Gasteiger charge is 2.53. The van der Waals surface area contributed by atoms with Crippen LogP contribution in [-0.4, -0.2) is 126 Å². The molecule has 0 radical (unpaired) electrons. The first-order chi connectivity index (χ1) is 26.3. The Kier molecular flexibility index (Phi) is 8.13. The third kappa shape index (κ3) is 5.03.